The summed E-state index contributed by atoms with van der Waals surface area (Å²) in [4.78, 5) is 16.2. The molecule has 1 N–H and O–H groups in total. The number of halogens is 4. The number of hydrogen-bond acceptors (Lipinski definition) is 3. The first-order chi connectivity index (χ1) is 8.32. The van der Waals surface area contributed by atoms with Gasteiger partial charge in [-0.05, 0) is 6.42 Å². The van der Waals surface area contributed by atoms with Crippen molar-refractivity contribution < 1.29 is 13.2 Å². The summed E-state index contributed by atoms with van der Waals surface area (Å²) in [6, 6.07) is 1.36. The number of nitrogens with zero attached hydrogens (tertiary/aromatic N) is 1. The fourth-order valence-electron chi connectivity index (χ4n) is 1.18. The number of thioether (sulfide) groups is 1. The van der Waals surface area contributed by atoms with Crippen molar-refractivity contribution in [1.82, 2.24) is 9.97 Å². The Morgan fingerprint density at radius 2 is 2.22 bits per heavy atom. The van der Waals surface area contributed by atoms with Crippen LogP contribution in [0, 0.1) is 0 Å². The van der Waals surface area contributed by atoms with Gasteiger partial charge in [0, 0.05) is 17.5 Å². The molecule has 1 heterocycles. The number of hydrogen-bond donors (Lipinski definition) is 1. The highest BCUT2D eigenvalue weighted by Gasteiger charge is 2.37. The molecule has 8 heteroatoms. The summed E-state index contributed by atoms with van der Waals surface area (Å²) in [6.45, 7) is 1.94. The molecule has 0 aromatic carbocycles. The van der Waals surface area contributed by atoms with Crippen molar-refractivity contribution in [3.63, 3.8) is 0 Å². The Morgan fingerprint density at radius 1 is 1.56 bits per heavy atom. The maximum absolute atomic E-state index is 12.3. The van der Waals surface area contributed by atoms with Crippen LogP contribution in [-0.2, 0) is 6.42 Å². The quantitative estimate of drug-likeness (QED) is 0.507. The van der Waals surface area contributed by atoms with E-state index in [1.807, 2.05) is 6.92 Å². The molecule has 0 bridgehead atoms. The third-order valence-corrected chi connectivity index (χ3v) is 4.24. The number of aromatic amines is 1. The fourth-order valence-corrected chi connectivity index (χ4v) is 2.43. The van der Waals surface area contributed by atoms with Crippen LogP contribution >= 0.6 is 27.7 Å². The first-order valence-corrected chi connectivity index (χ1v) is 7.17. The van der Waals surface area contributed by atoms with Gasteiger partial charge in [0.15, 0.2) is 5.16 Å². The molecule has 0 radical (unpaired) electrons. The van der Waals surface area contributed by atoms with Gasteiger partial charge in [0.05, 0.1) is 0 Å². The highest BCUT2D eigenvalue weighted by molar-refractivity contribution is 9.09. The lowest BCUT2D eigenvalue weighted by Crippen LogP contribution is -2.25. The molecule has 0 fully saturated rings. The molecule has 0 aliphatic rings. The minimum atomic E-state index is -4.30. The molecular formula is C10H12BrF3N2OS. The topological polar surface area (TPSA) is 45.8 Å². The van der Waals surface area contributed by atoms with E-state index in [0.717, 1.165) is 18.2 Å². The summed E-state index contributed by atoms with van der Waals surface area (Å²) >= 11 is 3.43. The second kappa shape index (κ2) is 6.60. The summed E-state index contributed by atoms with van der Waals surface area (Å²) in [5.41, 5.74) is 0.260. The van der Waals surface area contributed by atoms with Crippen LogP contribution in [0.2, 0.25) is 0 Å². The van der Waals surface area contributed by atoms with Crippen LogP contribution in [0.1, 0.15) is 19.0 Å². The van der Waals surface area contributed by atoms with Crippen LogP contribution in [0.5, 0.6) is 0 Å². The van der Waals surface area contributed by atoms with Crippen molar-refractivity contribution in [3.05, 3.63) is 22.1 Å². The van der Waals surface area contributed by atoms with E-state index in [9.17, 15) is 18.0 Å². The highest BCUT2D eigenvalue weighted by atomic mass is 79.9. The third kappa shape index (κ3) is 5.01. The van der Waals surface area contributed by atoms with E-state index in [1.165, 1.54) is 6.07 Å². The molecule has 1 aromatic heterocycles. The van der Waals surface area contributed by atoms with Crippen LogP contribution in [0.15, 0.2) is 16.0 Å². The van der Waals surface area contributed by atoms with Crippen LogP contribution in [0.3, 0.4) is 0 Å². The molecule has 18 heavy (non-hydrogen) atoms. The molecule has 1 aromatic rings. The molecule has 0 spiro atoms. The molecule has 1 rings (SSSR count). The summed E-state index contributed by atoms with van der Waals surface area (Å²) in [6.07, 6.45) is -2.84. The second-order valence-electron chi connectivity index (χ2n) is 3.61. The lowest BCUT2D eigenvalue weighted by Gasteiger charge is -2.12. The van der Waals surface area contributed by atoms with E-state index in [1.54, 1.807) is 0 Å². The number of nitrogens with one attached hydrogen (secondary N) is 1. The molecule has 3 nitrogen and oxygen atoms in total. The SMILES string of the molecule is CCCc1cc(=O)[nH]c(SCC(Br)C(F)(F)F)n1. The van der Waals surface area contributed by atoms with Gasteiger partial charge < -0.3 is 4.98 Å². The molecule has 0 aliphatic carbocycles. The fraction of sp³-hybridized carbons (Fsp3) is 0.600. The minimum absolute atomic E-state index is 0.222. The number of H-pyrrole nitrogens is 1. The zero-order valence-corrected chi connectivity index (χ0v) is 12.0. The van der Waals surface area contributed by atoms with Crippen molar-refractivity contribution in [2.24, 2.45) is 0 Å². The van der Waals surface area contributed by atoms with E-state index in [-0.39, 0.29) is 16.5 Å². The van der Waals surface area contributed by atoms with Gasteiger partial charge in [0.1, 0.15) is 4.83 Å². The summed E-state index contributed by atoms with van der Waals surface area (Å²) in [7, 11) is 0. The Hall–Kier alpha value is -0.500. The van der Waals surface area contributed by atoms with Crippen LogP contribution in [-0.4, -0.2) is 26.7 Å². The Labute approximate surface area is 115 Å². The van der Waals surface area contributed by atoms with Gasteiger partial charge in [0.25, 0.3) is 5.56 Å². The van der Waals surface area contributed by atoms with E-state index >= 15 is 0 Å². The average molecular weight is 345 g/mol. The Balaban J connectivity index is 2.70. The normalized spacial score (nSPS) is 13.6. The standard InChI is InChI=1S/C10H12BrF3N2OS/c1-2-3-6-4-8(17)16-9(15-6)18-5-7(11)10(12,13)14/h4,7H,2-3,5H2,1H3,(H,15,16,17). The first-order valence-electron chi connectivity index (χ1n) is 5.26. The zero-order chi connectivity index (χ0) is 13.8. The van der Waals surface area contributed by atoms with Gasteiger partial charge in [-0.3, -0.25) is 4.79 Å². The molecule has 1 atom stereocenters. The van der Waals surface area contributed by atoms with Gasteiger partial charge in [0.2, 0.25) is 0 Å². The predicted octanol–water partition coefficient (Wildman–Crippen LogP) is 3.14. The average Bonchev–Trinajstić information content (AvgIpc) is 2.24. The number of aromatic nitrogens is 2. The number of rotatable bonds is 5. The maximum Gasteiger partial charge on any atom is 0.402 e. The van der Waals surface area contributed by atoms with Gasteiger partial charge in [-0.2, -0.15) is 13.2 Å². The highest BCUT2D eigenvalue weighted by Crippen LogP contribution is 2.30. The largest absolute Gasteiger partial charge is 0.402 e. The second-order valence-corrected chi connectivity index (χ2v) is 5.73. The van der Waals surface area contributed by atoms with Crippen LogP contribution < -0.4 is 5.56 Å². The molecule has 0 saturated carbocycles. The molecule has 0 amide bonds. The van der Waals surface area contributed by atoms with E-state index in [2.05, 4.69) is 25.9 Å². The minimum Gasteiger partial charge on any atom is -0.301 e. The van der Waals surface area contributed by atoms with E-state index in [0.29, 0.717) is 12.1 Å². The lowest BCUT2D eigenvalue weighted by atomic mass is 10.2. The monoisotopic (exact) mass is 344 g/mol. The van der Waals surface area contributed by atoms with Gasteiger partial charge in [-0.1, -0.05) is 41.0 Å². The van der Waals surface area contributed by atoms with Gasteiger partial charge in [-0.15, -0.1) is 0 Å². The first kappa shape index (κ1) is 15.6. The molecule has 1 unspecified atom stereocenters. The zero-order valence-electron chi connectivity index (χ0n) is 9.55. The van der Waals surface area contributed by atoms with Crippen molar-refractivity contribution in [1.29, 1.82) is 0 Å². The predicted molar refractivity (Wildman–Crippen MR) is 68.3 cm³/mol. The smallest absolute Gasteiger partial charge is 0.301 e. The van der Waals surface area contributed by atoms with Gasteiger partial charge >= 0.3 is 6.18 Å². The number of alkyl halides is 4. The molecular weight excluding hydrogens is 333 g/mol. The molecule has 102 valence electrons. The molecule has 0 saturated heterocycles. The molecule has 0 aliphatic heterocycles. The summed E-state index contributed by atoms with van der Waals surface area (Å²) in [5.74, 6) is -0.234. The van der Waals surface area contributed by atoms with Crippen LogP contribution in [0.25, 0.3) is 0 Å². The lowest BCUT2D eigenvalue weighted by molar-refractivity contribution is -0.122. The third-order valence-electron chi connectivity index (χ3n) is 2.00. The summed E-state index contributed by atoms with van der Waals surface area (Å²) < 4.78 is 36.8. The van der Waals surface area contributed by atoms with Crippen LogP contribution in [0.4, 0.5) is 13.2 Å². The van der Waals surface area contributed by atoms with E-state index < -0.39 is 11.0 Å². The van der Waals surface area contributed by atoms with Gasteiger partial charge in [-0.25, -0.2) is 4.98 Å². The van der Waals surface area contributed by atoms with Crippen molar-refractivity contribution in [2.75, 3.05) is 5.75 Å². The van der Waals surface area contributed by atoms with E-state index in [4.69, 9.17) is 0 Å². The summed E-state index contributed by atoms with van der Waals surface area (Å²) in [5, 5.41) is 0.222. The Kier molecular flexibility index (Phi) is 5.71. The van der Waals surface area contributed by atoms with Crippen molar-refractivity contribution in [2.45, 2.75) is 35.9 Å². The number of aryl methyl sites for hydroxylation is 1. The maximum atomic E-state index is 12.3. The Morgan fingerprint density at radius 3 is 2.78 bits per heavy atom. The Bertz CT molecular complexity index is 449. The van der Waals surface area contributed by atoms with Crippen molar-refractivity contribution >= 4 is 27.7 Å². The van der Waals surface area contributed by atoms with Crippen molar-refractivity contribution in [3.8, 4) is 0 Å².